The van der Waals surface area contributed by atoms with Gasteiger partial charge in [-0.05, 0) is 13.0 Å². The van der Waals surface area contributed by atoms with Crippen LogP contribution in [0.3, 0.4) is 0 Å². The minimum absolute atomic E-state index is 0.0804. The van der Waals surface area contributed by atoms with Gasteiger partial charge in [0.05, 0.1) is 0 Å². The van der Waals surface area contributed by atoms with E-state index in [0.29, 0.717) is 12.0 Å². The number of ether oxygens (including phenoxy) is 1. The molecule has 0 aliphatic heterocycles. The monoisotopic (exact) mass is 293 g/mol. The van der Waals surface area contributed by atoms with E-state index in [1.165, 1.54) is 11.6 Å². The number of rotatable bonds is 5. The molecule has 3 nitrogen and oxygen atoms in total. The molecule has 2 rings (SSSR count). The highest BCUT2D eigenvalue weighted by Crippen LogP contribution is 2.19. The third kappa shape index (κ3) is 7.06. The predicted octanol–water partition coefficient (Wildman–Crippen LogP) is 3.53. The van der Waals surface area contributed by atoms with Crippen molar-refractivity contribution in [2.24, 2.45) is 0 Å². The normalized spacial score (nSPS) is 9.52. The van der Waals surface area contributed by atoms with E-state index in [1.54, 1.807) is 18.2 Å². The second kappa shape index (κ2) is 9.47. The molecule has 0 aromatic heterocycles. The number of nitrogens with one attached hydrogen (secondary N) is 1. The summed E-state index contributed by atoms with van der Waals surface area (Å²) in [5.74, 6) is 0.0804. The molecule has 0 aliphatic carbocycles. The van der Waals surface area contributed by atoms with Crippen molar-refractivity contribution in [1.82, 2.24) is 5.32 Å². The number of amides is 1. The highest BCUT2D eigenvalue weighted by molar-refractivity contribution is 5.47. The molecule has 1 amide bonds. The Hall–Kier alpha value is -2.43. The molecule has 0 saturated heterocycles. The molecular weight excluding hydrogens is 276 g/mol. The first-order valence-electron chi connectivity index (χ1n) is 6.35. The second-order valence-corrected chi connectivity index (χ2v) is 4.14. The summed E-state index contributed by atoms with van der Waals surface area (Å²) in [7, 11) is 0. The van der Waals surface area contributed by atoms with Gasteiger partial charge in [-0.3, -0.25) is 4.79 Å². The molecule has 2 aromatic rings. The highest BCUT2D eigenvalue weighted by Gasteiger charge is 2.07. The minimum Gasteiger partial charge on any atom is -0.434 e. The van der Waals surface area contributed by atoms with Crippen LogP contribution in [0.1, 0.15) is 11.1 Å². The van der Waals surface area contributed by atoms with Gasteiger partial charge in [-0.25, -0.2) is 0 Å². The number of hydrogen-bond donors (Lipinski definition) is 1. The summed E-state index contributed by atoms with van der Waals surface area (Å²) in [6.07, 6.45) is 0.499. The molecule has 5 heteroatoms. The number of halogens is 2. The highest BCUT2D eigenvalue weighted by atomic mass is 19.3. The lowest BCUT2D eigenvalue weighted by atomic mass is 10.2. The van der Waals surface area contributed by atoms with Gasteiger partial charge in [0.25, 0.3) is 0 Å². The third-order valence-electron chi connectivity index (χ3n) is 2.50. The van der Waals surface area contributed by atoms with Crippen LogP contribution in [0, 0.1) is 6.92 Å². The molecular formula is C16H17F2NO2. The first-order chi connectivity index (χ1) is 10.1. The first kappa shape index (κ1) is 16.6. The van der Waals surface area contributed by atoms with Gasteiger partial charge in [0.2, 0.25) is 6.41 Å². The van der Waals surface area contributed by atoms with Crippen LogP contribution in [0.25, 0.3) is 0 Å². The SMILES string of the molecule is Cc1ccccc1.O=CNCc1ccccc1OC(F)F. The van der Waals surface area contributed by atoms with E-state index in [1.807, 2.05) is 18.2 Å². The maximum absolute atomic E-state index is 11.9. The number of alkyl halides is 2. The Labute approximate surface area is 122 Å². The number of carbonyl (C=O) groups is 1. The Morgan fingerprint density at radius 1 is 1.10 bits per heavy atom. The van der Waals surface area contributed by atoms with Gasteiger partial charge in [-0.15, -0.1) is 0 Å². The van der Waals surface area contributed by atoms with Gasteiger partial charge >= 0.3 is 6.61 Å². The lowest BCUT2D eigenvalue weighted by Crippen LogP contribution is -2.12. The van der Waals surface area contributed by atoms with E-state index in [4.69, 9.17) is 0 Å². The second-order valence-electron chi connectivity index (χ2n) is 4.14. The zero-order valence-electron chi connectivity index (χ0n) is 11.6. The van der Waals surface area contributed by atoms with Crippen molar-refractivity contribution < 1.29 is 18.3 Å². The van der Waals surface area contributed by atoms with Gasteiger partial charge in [-0.2, -0.15) is 8.78 Å². The maximum Gasteiger partial charge on any atom is 0.387 e. The van der Waals surface area contributed by atoms with E-state index in [-0.39, 0.29) is 12.3 Å². The Bertz CT molecular complexity index is 533. The molecule has 0 spiro atoms. The van der Waals surface area contributed by atoms with Gasteiger partial charge in [0, 0.05) is 12.1 Å². The van der Waals surface area contributed by atoms with Crippen molar-refractivity contribution in [3.63, 3.8) is 0 Å². The Morgan fingerprint density at radius 2 is 1.71 bits per heavy atom. The number of benzene rings is 2. The average Bonchev–Trinajstić information content (AvgIpc) is 2.47. The fraction of sp³-hybridized carbons (Fsp3) is 0.188. The molecule has 112 valence electrons. The van der Waals surface area contributed by atoms with Crippen LogP contribution in [-0.4, -0.2) is 13.0 Å². The van der Waals surface area contributed by atoms with Gasteiger partial charge in [0.1, 0.15) is 5.75 Å². The zero-order valence-corrected chi connectivity index (χ0v) is 11.6. The van der Waals surface area contributed by atoms with Crippen LogP contribution >= 0.6 is 0 Å². The predicted molar refractivity (Wildman–Crippen MR) is 77.2 cm³/mol. The zero-order chi connectivity index (χ0) is 15.5. The van der Waals surface area contributed by atoms with Crippen LogP contribution in [-0.2, 0) is 11.3 Å². The van der Waals surface area contributed by atoms with Crippen molar-refractivity contribution in [2.75, 3.05) is 0 Å². The Balaban J connectivity index is 0.000000262. The first-order valence-corrected chi connectivity index (χ1v) is 6.35. The molecule has 1 N–H and O–H groups in total. The van der Waals surface area contributed by atoms with Crippen LogP contribution in [0.2, 0.25) is 0 Å². The Kier molecular flexibility index (Phi) is 7.50. The summed E-state index contributed by atoms with van der Waals surface area (Å²) >= 11 is 0. The number of hydrogen-bond acceptors (Lipinski definition) is 2. The molecule has 0 heterocycles. The summed E-state index contributed by atoms with van der Waals surface area (Å²) in [5.41, 5.74) is 1.84. The largest absolute Gasteiger partial charge is 0.434 e. The molecule has 21 heavy (non-hydrogen) atoms. The molecule has 2 aromatic carbocycles. The van der Waals surface area contributed by atoms with E-state index < -0.39 is 6.61 Å². The van der Waals surface area contributed by atoms with Gasteiger partial charge in [0.15, 0.2) is 0 Å². The number of aryl methyl sites for hydroxylation is 1. The summed E-state index contributed by atoms with van der Waals surface area (Å²) in [6, 6.07) is 16.6. The number of para-hydroxylation sites is 1. The summed E-state index contributed by atoms with van der Waals surface area (Å²) in [5, 5.41) is 2.37. The van der Waals surface area contributed by atoms with Crippen molar-refractivity contribution in [1.29, 1.82) is 0 Å². The topological polar surface area (TPSA) is 38.3 Å². The van der Waals surface area contributed by atoms with Crippen molar-refractivity contribution in [2.45, 2.75) is 20.1 Å². The average molecular weight is 293 g/mol. The van der Waals surface area contributed by atoms with Crippen LogP contribution in [0.4, 0.5) is 8.78 Å². The van der Waals surface area contributed by atoms with Gasteiger partial charge in [-0.1, -0.05) is 54.1 Å². The smallest absolute Gasteiger partial charge is 0.387 e. The van der Waals surface area contributed by atoms with Crippen molar-refractivity contribution in [3.8, 4) is 5.75 Å². The van der Waals surface area contributed by atoms with Gasteiger partial charge < -0.3 is 10.1 Å². The van der Waals surface area contributed by atoms with Crippen LogP contribution < -0.4 is 10.1 Å². The lowest BCUT2D eigenvalue weighted by molar-refractivity contribution is -0.109. The van der Waals surface area contributed by atoms with E-state index in [2.05, 4.69) is 29.1 Å². The van der Waals surface area contributed by atoms with E-state index in [0.717, 1.165) is 0 Å². The fourth-order valence-electron chi connectivity index (χ4n) is 1.55. The van der Waals surface area contributed by atoms with Crippen molar-refractivity contribution in [3.05, 3.63) is 65.7 Å². The molecule has 0 bridgehead atoms. The Morgan fingerprint density at radius 3 is 2.24 bits per heavy atom. The molecule has 0 radical (unpaired) electrons. The summed E-state index contributed by atoms with van der Waals surface area (Å²) in [4.78, 5) is 10.0. The summed E-state index contributed by atoms with van der Waals surface area (Å²) in [6.45, 7) is -0.598. The maximum atomic E-state index is 11.9. The molecule has 0 saturated carbocycles. The van der Waals surface area contributed by atoms with E-state index in [9.17, 15) is 13.6 Å². The molecule has 0 fully saturated rings. The standard InChI is InChI=1S/C9H9F2NO2.C7H8/c10-9(11)14-8-4-2-1-3-7(8)5-12-6-13;1-7-5-3-2-4-6-7/h1-4,6,9H,5H2,(H,12,13);2-6H,1H3. The van der Waals surface area contributed by atoms with Crippen LogP contribution in [0.15, 0.2) is 54.6 Å². The van der Waals surface area contributed by atoms with Crippen LogP contribution in [0.5, 0.6) is 5.75 Å². The third-order valence-corrected chi connectivity index (χ3v) is 2.50. The fourth-order valence-corrected chi connectivity index (χ4v) is 1.55. The number of carbonyl (C=O) groups excluding carboxylic acids is 1. The molecule has 0 aliphatic rings. The molecule has 0 unspecified atom stereocenters. The minimum atomic E-state index is -2.85. The summed E-state index contributed by atoms with van der Waals surface area (Å²) < 4.78 is 28.1. The lowest BCUT2D eigenvalue weighted by Gasteiger charge is -2.09. The van der Waals surface area contributed by atoms with Crippen molar-refractivity contribution >= 4 is 6.41 Å². The molecule has 0 atom stereocenters. The van der Waals surface area contributed by atoms with E-state index >= 15 is 0 Å². The quantitative estimate of drug-likeness (QED) is 0.856.